The summed E-state index contributed by atoms with van der Waals surface area (Å²) in [6, 6.07) is 0.986. The molecule has 0 amide bonds. The monoisotopic (exact) mass is 279 g/mol. The van der Waals surface area contributed by atoms with Crippen LogP contribution in [0.2, 0.25) is 0 Å². The molecule has 1 aliphatic rings. The van der Waals surface area contributed by atoms with E-state index in [1.165, 1.54) is 25.9 Å². The Labute approximate surface area is 122 Å². The first-order valence-electron chi connectivity index (χ1n) is 7.96. The minimum atomic E-state index is 0.383. The highest BCUT2D eigenvalue weighted by Gasteiger charge is 2.25. The number of hydrogen-bond donors (Lipinski definition) is 1. The predicted molar refractivity (Wildman–Crippen MR) is 81.5 cm³/mol. The fraction of sp³-hybridized carbons (Fsp3) is 0.867. The van der Waals surface area contributed by atoms with E-state index < -0.39 is 0 Å². The molecule has 1 fully saturated rings. The summed E-state index contributed by atoms with van der Waals surface area (Å²) in [5, 5.41) is 7.90. The molecular weight excluding hydrogens is 250 g/mol. The highest BCUT2D eigenvalue weighted by Crippen LogP contribution is 2.21. The molecule has 114 valence electrons. The third-order valence-electron chi connectivity index (χ3n) is 4.28. The molecule has 1 aromatic heterocycles. The maximum absolute atomic E-state index is 4.43. The van der Waals surface area contributed by atoms with E-state index in [1.54, 1.807) is 6.33 Å². The van der Waals surface area contributed by atoms with E-state index >= 15 is 0 Å². The van der Waals surface area contributed by atoms with Gasteiger partial charge in [0.25, 0.3) is 0 Å². The second-order valence-electron chi connectivity index (χ2n) is 6.20. The number of piperidine rings is 1. The number of aromatic nitrogens is 3. The van der Waals surface area contributed by atoms with Crippen LogP contribution in [0.5, 0.6) is 0 Å². The van der Waals surface area contributed by atoms with Crippen molar-refractivity contribution in [3.8, 4) is 0 Å². The van der Waals surface area contributed by atoms with Crippen LogP contribution in [0.15, 0.2) is 6.33 Å². The summed E-state index contributed by atoms with van der Waals surface area (Å²) in [7, 11) is 0. The van der Waals surface area contributed by atoms with Crippen LogP contribution >= 0.6 is 0 Å². The fourth-order valence-corrected chi connectivity index (χ4v) is 3.15. The number of hydrogen-bond acceptors (Lipinski definition) is 4. The predicted octanol–water partition coefficient (Wildman–Crippen LogP) is 2.07. The van der Waals surface area contributed by atoms with Gasteiger partial charge in [0, 0.05) is 18.6 Å². The first-order chi connectivity index (χ1) is 9.61. The lowest BCUT2D eigenvalue weighted by atomic mass is 9.91. The normalized spacial score (nSPS) is 22.4. The van der Waals surface area contributed by atoms with Crippen LogP contribution in [0, 0.1) is 5.92 Å². The Morgan fingerprint density at radius 1 is 1.40 bits per heavy atom. The molecule has 0 bridgehead atoms. The van der Waals surface area contributed by atoms with E-state index in [2.05, 4.69) is 48.0 Å². The van der Waals surface area contributed by atoms with Crippen molar-refractivity contribution in [3.05, 3.63) is 12.2 Å². The topological polar surface area (TPSA) is 46.0 Å². The van der Waals surface area contributed by atoms with Crippen molar-refractivity contribution in [1.29, 1.82) is 0 Å². The average Bonchev–Trinajstić information content (AvgIpc) is 2.87. The maximum Gasteiger partial charge on any atom is 0.141 e. The van der Waals surface area contributed by atoms with Crippen LogP contribution in [-0.2, 0) is 6.54 Å². The quantitative estimate of drug-likeness (QED) is 0.866. The van der Waals surface area contributed by atoms with Gasteiger partial charge in [0.05, 0.1) is 6.54 Å². The highest BCUT2D eigenvalue weighted by atomic mass is 15.4. The van der Waals surface area contributed by atoms with Crippen molar-refractivity contribution < 1.29 is 0 Å². The summed E-state index contributed by atoms with van der Waals surface area (Å²) in [5.41, 5.74) is 0. The molecule has 5 nitrogen and oxygen atoms in total. The lowest BCUT2D eigenvalue weighted by Crippen LogP contribution is -2.44. The summed E-state index contributed by atoms with van der Waals surface area (Å²) < 4.78 is 2.04. The standard InChI is InChI=1S/C15H29N5/c1-5-16-13(4)14-7-6-8-19(9-14)10-15-17-11-18-20(15)12(2)3/h11-14,16H,5-10H2,1-4H3. The molecule has 0 aliphatic carbocycles. The molecular formula is C15H29N5. The highest BCUT2D eigenvalue weighted by molar-refractivity contribution is 4.89. The van der Waals surface area contributed by atoms with Gasteiger partial charge in [0.15, 0.2) is 0 Å². The molecule has 0 spiro atoms. The van der Waals surface area contributed by atoms with Gasteiger partial charge in [-0.2, -0.15) is 5.10 Å². The molecule has 0 aromatic carbocycles. The van der Waals surface area contributed by atoms with Crippen LogP contribution in [-0.4, -0.2) is 45.3 Å². The van der Waals surface area contributed by atoms with Crippen molar-refractivity contribution in [1.82, 2.24) is 25.0 Å². The van der Waals surface area contributed by atoms with E-state index in [0.717, 1.165) is 24.8 Å². The van der Waals surface area contributed by atoms with Crippen LogP contribution < -0.4 is 5.32 Å². The van der Waals surface area contributed by atoms with Gasteiger partial charge in [-0.3, -0.25) is 4.90 Å². The van der Waals surface area contributed by atoms with Gasteiger partial charge >= 0.3 is 0 Å². The fourth-order valence-electron chi connectivity index (χ4n) is 3.15. The van der Waals surface area contributed by atoms with E-state index in [4.69, 9.17) is 0 Å². The molecule has 1 aliphatic heterocycles. The average molecular weight is 279 g/mol. The van der Waals surface area contributed by atoms with Crippen LogP contribution in [0.4, 0.5) is 0 Å². The zero-order valence-corrected chi connectivity index (χ0v) is 13.3. The largest absolute Gasteiger partial charge is 0.314 e. The molecule has 1 aromatic rings. The first-order valence-corrected chi connectivity index (χ1v) is 7.96. The molecule has 0 radical (unpaired) electrons. The van der Waals surface area contributed by atoms with E-state index in [0.29, 0.717) is 12.1 Å². The summed E-state index contributed by atoms with van der Waals surface area (Å²) in [6.07, 6.45) is 4.30. The number of nitrogens with one attached hydrogen (secondary N) is 1. The lowest BCUT2D eigenvalue weighted by molar-refractivity contribution is 0.140. The molecule has 0 saturated carbocycles. The Hall–Kier alpha value is -0.940. The van der Waals surface area contributed by atoms with Crippen molar-refractivity contribution in [2.45, 2.75) is 59.2 Å². The van der Waals surface area contributed by atoms with Gasteiger partial charge in [-0.15, -0.1) is 0 Å². The van der Waals surface area contributed by atoms with Crippen LogP contribution in [0.1, 0.15) is 52.4 Å². The van der Waals surface area contributed by atoms with Crippen molar-refractivity contribution in [2.75, 3.05) is 19.6 Å². The van der Waals surface area contributed by atoms with Gasteiger partial charge in [0.1, 0.15) is 12.2 Å². The number of nitrogens with zero attached hydrogens (tertiary/aromatic N) is 4. The molecule has 5 heteroatoms. The zero-order valence-electron chi connectivity index (χ0n) is 13.3. The zero-order chi connectivity index (χ0) is 14.5. The molecule has 2 rings (SSSR count). The van der Waals surface area contributed by atoms with Crippen molar-refractivity contribution in [3.63, 3.8) is 0 Å². The van der Waals surface area contributed by atoms with Crippen LogP contribution in [0.3, 0.4) is 0 Å². The van der Waals surface area contributed by atoms with Crippen molar-refractivity contribution >= 4 is 0 Å². The Kier molecular flexibility index (Phi) is 5.54. The van der Waals surface area contributed by atoms with Gasteiger partial charge in [0.2, 0.25) is 0 Å². The molecule has 20 heavy (non-hydrogen) atoms. The number of rotatable bonds is 6. The lowest BCUT2D eigenvalue weighted by Gasteiger charge is -2.35. The van der Waals surface area contributed by atoms with E-state index in [9.17, 15) is 0 Å². The summed E-state index contributed by atoms with van der Waals surface area (Å²) in [5.74, 6) is 1.84. The smallest absolute Gasteiger partial charge is 0.141 e. The van der Waals surface area contributed by atoms with Gasteiger partial charge in [-0.05, 0) is 52.6 Å². The van der Waals surface area contributed by atoms with Crippen LogP contribution in [0.25, 0.3) is 0 Å². The van der Waals surface area contributed by atoms with E-state index in [-0.39, 0.29) is 0 Å². The summed E-state index contributed by atoms with van der Waals surface area (Å²) in [6.45, 7) is 13.1. The van der Waals surface area contributed by atoms with Gasteiger partial charge in [-0.25, -0.2) is 9.67 Å². The second-order valence-corrected chi connectivity index (χ2v) is 6.20. The first kappa shape index (κ1) is 15.4. The van der Waals surface area contributed by atoms with Gasteiger partial charge in [-0.1, -0.05) is 6.92 Å². The second kappa shape index (κ2) is 7.18. The minimum absolute atomic E-state index is 0.383. The number of likely N-dealkylation sites (tertiary alicyclic amines) is 1. The SMILES string of the molecule is CCNC(C)C1CCCN(Cc2ncnn2C(C)C)C1. The third kappa shape index (κ3) is 3.79. The Morgan fingerprint density at radius 3 is 2.90 bits per heavy atom. The molecule has 1 N–H and O–H groups in total. The Bertz CT molecular complexity index is 401. The summed E-state index contributed by atoms with van der Waals surface area (Å²) >= 11 is 0. The van der Waals surface area contributed by atoms with Gasteiger partial charge < -0.3 is 5.32 Å². The molecule has 2 atom stereocenters. The minimum Gasteiger partial charge on any atom is -0.314 e. The molecule has 2 heterocycles. The van der Waals surface area contributed by atoms with Crippen molar-refractivity contribution in [2.24, 2.45) is 5.92 Å². The maximum atomic E-state index is 4.43. The third-order valence-corrected chi connectivity index (χ3v) is 4.28. The Balaban J connectivity index is 1.94. The molecule has 1 saturated heterocycles. The molecule has 2 unspecified atom stereocenters. The summed E-state index contributed by atoms with van der Waals surface area (Å²) in [4.78, 5) is 6.96. The Morgan fingerprint density at radius 2 is 2.20 bits per heavy atom. The van der Waals surface area contributed by atoms with E-state index in [1.807, 2.05) is 4.68 Å².